The summed E-state index contributed by atoms with van der Waals surface area (Å²) in [7, 11) is 2.09. The van der Waals surface area contributed by atoms with Gasteiger partial charge >= 0.3 is 5.97 Å². The van der Waals surface area contributed by atoms with Crippen molar-refractivity contribution in [3.8, 4) is 5.75 Å². The Morgan fingerprint density at radius 3 is 1.76 bits per heavy atom. The summed E-state index contributed by atoms with van der Waals surface area (Å²) in [6.45, 7) is 12.9. The predicted molar refractivity (Wildman–Crippen MR) is 250 cm³/mol. The number of hydrogen-bond donors (Lipinski definition) is 2. The molecule has 0 radical (unpaired) electrons. The number of halogens is 4. The molecule has 0 saturated heterocycles. The van der Waals surface area contributed by atoms with E-state index in [1.54, 1.807) is 6.20 Å². The van der Waals surface area contributed by atoms with E-state index in [0.717, 1.165) is 57.4 Å². The van der Waals surface area contributed by atoms with Gasteiger partial charge in [-0.1, -0.05) is 20.3 Å². The van der Waals surface area contributed by atoms with E-state index in [-0.39, 0.29) is 38.4 Å². The minimum atomic E-state index is -1.84. The van der Waals surface area contributed by atoms with Crippen molar-refractivity contribution in [3.63, 3.8) is 0 Å². The number of rotatable bonds is 42. The maximum Gasteiger partial charge on any atom is 0.313 e. The third-order valence-electron chi connectivity index (χ3n) is 10.2. The molecule has 3 rings (SSSR count). The third-order valence-corrected chi connectivity index (χ3v) is 10.2. The van der Waals surface area contributed by atoms with E-state index in [1.807, 2.05) is 15.7 Å². The lowest BCUT2D eigenvalue weighted by atomic mass is 10.1. The van der Waals surface area contributed by atoms with Crippen LogP contribution in [0.1, 0.15) is 64.5 Å². The van der Waals surface area contributed by atoms with Gasteiger partial charge in [0.15, 0.2) is 17.9 Å². The first-order chi connectivity index (χ1) is 34.0. The van der Waals surface area contributed by atoms with Crippen molar-refractivity contribution in [2.45, 2.75) is 71.6 Å². The van der Waals surface area contributed by atoms with Crippen LogP contribution in [0.25, 0.3) is 6.08 Å². The van der Waals surface area contributed by atoms with E-state index in [0.29, 0.717) is 116 Å². The van der Waals surface area contributed by atoms with E-state index in [1.165, 1.54) is 0 Å². The number of aliphatic hydroxyl groups is 1. The van der Waals surface area contributed by atoms with Crippen molar-refractivity contribution in [1.82, 2.24) is 19.6 Å². The van der Waals surface area contributed by atoms with Crippen molar-refractivity contribution in [2.75, 3.05) is 146 Å². The van der Waals surface area contributed by atoms with Crippen LogP contribution in [0.3, 0.4) is 0 Å². The van der Waals surface area contributed by atoms with Crippen LogP contribution in [0.15, 0.2) is 22.8 Å². The van der Waals surface area contributed by atoms with Crippen molar-refractivity contribution in [1.29, 1.82) is 0 Å². The van der Waals surface area contributed by atoms with Gasteiger partial charge in [-0.2, -0.15) is 13.9 Å². The quantitative estimate of drug-likeness (QED) is 0.0236. The number of ether oxygens (including phenoxy) is 10. The Bertz CT molecular complexity index is 1810. The summed E-state index contributed by atoms with van der Waals surface area (Å²) in [6.07, 6.45) is 7.15. The second kappa shape index (κ2) is 36.7. The molecule has 1 unspecified atom stereocenters. The normalized spacial score (nSPS) is 13.0. The van der Waals surface area contributed by atoms with E-state index in [2.05, 4.69) is 40.6 Å². The standard InChI is InChI=1S/C47H74F4N6O13/c1-4-10-56(11-5-2)47(60)36-31-40-39(54-41(52)32-36)34-53-57(40)13-8-6-7-12-55(3)14-16-61-17-18-62-19-20-63-21-22-64-23-24-65-25-26-66-27-28-67-29-30-69-43(35-58)68-15-9-42(59)70-46-44(50)37(48)33-38(49)45(46)51/h31,33-34,43,58H,4-30,32,35H2,1-3H3,(H2,52,54). The number of nitrogens with two attached hydrogens (primary N) is 1. The van der Waals surface area contributed by atoms with E-state index in [9.17, 15) is 32.3 Å². The number of carbonyl (C=O) groups excluding carboxylic acids is 2. The number of aliphatic hydroxyl groups excluding tert-OH is 1. The van der Waals surface area contributed by atoms with Gasteiger partial charge in [0.2, 0.25) is 23.3 Å². The van der Waals surface area contributed by atoms with Gasteiger partial charge in [-0.25, -0.2) is 13.8 Å². The van der Waals surface area contributed by atoms with Gasteiger partial charge in [-0.15, -0.1) is 0 Å². The number of likely N-dealkylation sites (N-methyl/N-ethyl adjacent to an activating group) is 1. The summed E-state index contributed by atoms with van der Waals surface area (Å²) >= 11 is 0. The maximum atomic E-state index is 13.7. The minimum Gasteiger partial charge on any atom is -0.420 e. The number of aryl methyl sites for hydroxylation is 1. The number of aromatic nitrogens is 2. The Hall–Kier alpha value is -4.14. The minimum absolute atomic E-state index is 0.00930. The SMILES string of the molecule is CCCN(CCC)C(=O)C1=Cc2c(cnn2CCCCCN(C)CCOCCOCCOCCOCCOCCOCCOCCOC(CO)OCCC(=O)Oc2c(F)c(F)cc(F)c2F)N=C(N)C1. The number of amides is 1. The topological polar surface area (TPSA) is 209 Å². The third kappa shape index (κ3) is 24.3. The monoisotopic (exact) mass is 1010 g/mol. The van der Waals surface area contributed by atoms with Crippen molar-refractivity contribution < 1.29 is 79.6 Å². The van der Waals surface area contributed by atoms with Gasteiger partial charge in [-0.05, 0) is 45.4 Å². The zero-order valence-corrected chi connectivity index (χ0v) is 41.0. The highest BCUT2D eigenvalue weighted by atomic mass is 19.2. The molecule has 3 N–H and O–H groups in total. The molecule has 0 bridgehead atoms. The number of hydrogen-bond acceptors (Lipinski definition) is 17. The molecule has 1 aromatic carbocycles. The second-order valence-corrected chi connectivity index (χ2v) is 15.9. The van der Waals surface area contributed by atoms with Crippen LogP contribution in [-0.4, -0.2) is 194 Å². The molecular formula is C47H74F4N6O13. The Morgan fingerprint density at radius 2 is 1.23 bits per heavy atom. The predicted octanol–water partition coefficient (Wildman–Crippen LogP) is 4.43. The van der Waals surface area contributed by atoms with Crippen molar-refractivity contribution >= 4 is 29.5 Å². The lowest BCUT2D eigenvalue weighted by Gasteiger charge is -2.22. The van der Waals surface area contributed by atoms with E-state index < -0.39 is 54.3 Å². The first-order valence-corrected chi connectivity index (χ1v) is 24.0. The molecule has 0 aliphatic carbocycles. The Balaban J connectivity index is 1.04. The van der Waals surface area contributed by atoms with E-state index in [4.69, 9.17) is 48.4 Å². The molecule has 2 aromatic rings. The molecule has 1 atom stereocenters. The van der Waals surface area contributed by atoms with E-state index >= 15 is 0 Å². The molecular weight excluding hydrogens is 933 g/mol. The highest BCUT2D eigenvalue weighted by Crippen LogP contribution is 2.28. The van der Waals surface area contributed by atoms with Crippen LogP contribution in [0.5, 0.6) is 5.75 Å². The Labute approximate surface area is 408 Å². The molecule has 2 heterocycles. The lowest BCUT2D eigenvalue weighted by molar-refractivity contribution is -0.173. The molecule has 1 amide bonds. The van der Waals surface area contributed by atoms with Crippen LogP contribution in [0.4, 0.5) is 23.2 Å². The highest BCUT2D eigenvalue weighted by Gasteiger charge is 2.24. The van der Waals surface area contributed by atoms with Gasteiger partial charge in [0, 0.05) is 44.2 Å². The number of nitrogens with zero attached hydrogens (tertiary/aromatic N) is 5. The number of amidine groups is 1. The lowest BCUT2D eigenvalue weighted by Crippen LogP contribution is -2.34. The second-order valence-electron chi connectivity index (χ2n) is 15.9. The number of benzene rings is 1. The van der Waals surface area contributed by atoms with Crippen LogP contribution in [0, 0.1) is 23.3 Å². The fourth-order valence-corrected chi connectivity index (χ4v) is 6.64. The number of aliphatic imine (C=N–C) groups is 1. The molecule has 23 heteroatoms. The molecule has 19 nitrogen and oxygen atoms in total. The molecule has 1 aliphatic heterocycles. The highest BCUT2D eigenvalue weighted by molar-refractivity contribution is 6.05. The summed E-state index contributed by atoms with van der Waals surface area (Å²) in [4.78, 5) is 33.9. The van der Waals surface area contributed by atoms with Gasteiger partial charge in [0.1, 0.15) is 11.5 Å². The summed E-state index contributed by atoms with van der Waals surface area (Å²) in [5.41, 5.74) is 8.39. The van der Waals surface area contributed by atoms with Crippen molar-refractivity contribution in [3.05, 3.63) is 46.8 Å². The van der Waals surface area contributed by atoms with Gasteiger partial charge < -0.3 is 68.0 Å². The molecule has 0 fully saturated rings. The Kier molecular flexibility index (Phi) is 31.6. The molecule has 1 aliphatic rings. The molecule has 70 heavy (non-hydrogen) atoms. The summed E-state index contributed by atoms with van der Waals surface area (Å²) in [5, 5.41) is 13.9. The zero-order valence-electron chi connectivity index (χ0n) is 41.0. The first kappa shape index (κ1) is 60.2. The van der Waals surface area contributed by atoms with Crippen molar-refractivity contribution in [2.24, 2.45) is 10.7 Å². The number of unbranched alkanes of at least 4 members (excludes halogenated alkanes) is 2. The fourth-order valence-electron chi connectivity index (χ4n) is 6.64. The smallest absolute Gasteiger partial charge is 0.313 e. The Morgan fingerprint density at radius 1 is 0.714 bits per heavy atom. The van der Waals surface area contributed by atoms with Crippen LogP contribution >= 0.6 is 0 Å². The number of fused-ring (bicyclic) bond motifs is 1. The largest absolute Gasteiger partial charge is 0.420 e. The fraction of sp³-hybridized carbons (Fsp3) is 0.702. The first-order valence-electron chi connectivity index (χ1n) is 24.0. The van der Waals surface area contributed by atoms with Crippen LogP contribution in [-0.2, 0) is 58.8 Å². The van der Waals surface area contributed by atoms with Crippen LogP contribution in [0.2, 0.25) is 0 Å². The van der Waals surface area contributed by atoms with Gasteiger partial charge in [0.25, 0.3) is 0 Å². The maximum absolute atomic E-state index is 13.7. The molecule has 0 saturated carbocycles. The summed E-state index contributed by atoms with van der Waals surface area (Å²) < 4.78 is 109. The van der Waals surface area contributed by atoms with Crippen LogP contribution < -0.4 is 10.5 Å². The summed E-state index contributed by atoms with van der Waals surface area (Å²) in [6, 6.07) is -0.00930. The molecule has 0 spiro atoms. The van der Waals surface area contributed by atoms with Gasteiger partial charge in [-0.3, -0.25) is 14.3 Å². The average Bonchev–Trinajstić information content (AvgIpc) is 3.62. The molecule has 398 valence electrons. The van der Waals surface area contributed by atoms with Gasteiger partial charge in [0.05, 0.1) is 131 Å². The zero-order chi connectivity index (χ0) is 50.8. The number of esters is 1. The summed E-state index contributed by atoms with van der Waals surface area (Å²) in [5.74, 6) is -9.39. The molecule has 1 aromatic heterocycles. The average molecular weight is 1010 g/mol. The number of carbonyl (C=O) groups is 2.